The van der Waals surface area contributed by atoms with E-state index in [4.69, 9.17) is 21.1 Å². The van der Waals surface area contributed by atoms with E-state index in [-0.39, 0.29) is 5.82 Å². The Balaban J connectivity index is 1.60. The highest BCUT2D eigenvalue weighted by Gasteiger charge is 2.10. The fourth-order valence-electron chi connectivity index (χ4n) is 3.34. The lowest BCUT2D eigenvalue weighted by Gasteiger charge is -2.16. The van der Waals surface area contributed by atoms with Crippen molar-refractivity contribution in [2.45, 2.75) is 13.2 Å². The van der Waals surface area contributed by atoms with Gasteiger partial charge in [0.1, 0.15) is 23.9 Å². The van der Waals surface area contributed by atoms with E-state index in [1.165, 1.54) is 12.1 Å². The Hall–Kier alpha value is -3.24. The van der Waals surface area contributed by atoms with Gasteiger partial charge in [0.05, 0.1) is 12.1 Å². The van der Waals surface area contributed by atoms with Crippen LogP contribution in [-0.4, -0.2) is 7.11 Å². The first-order valence-electron chi connectivity index (χ1n) is 9.59. The van der Waals surface area contributed by atoms with E-state index < -0.39 is 0 Å². The predicted molar refractivity (Wildman–Crippen MR) is 120 cm³/mol. The van der Waals surface area contributed by atoms with Crippen LogP contribution in [0.4, 0.5) is 10.1 Å². The third kappa shape index (κ3) is 4.50. The number of nitrogens with one attached hydrogen (secondary N) is 1. The van der Waals surface area contributed by atoms with Crippen molar-refractivity contribution in [3.05, 3.63) is 101 Å². The molecule has 0 spiro atoms. The van der Waals surface area contributed by atoms with Gasteiger partial charge < -0.3 is 14.8 Å². The molecule has 4 aromatic rings. The molecule has 0 bridgehead atoms. The first-order valence-corrected chi connectivity index (χ1v) is 9.97. The molecule has 30 heavy (non-hydrogen) atoms. The normalized spacial score (nSPS) is 10.8. The molecule has 4 aromatic carbocycles. The summed E-state index contributed by atoms with van der Waals surface area (Å²) in [5.74, 6) is 1.16. The molecule has 5 heteroatoms. The molecule has 0 aliphatic rings. The van der Waals surface area contributed by atoms with Gasteiger partial charge in [0.2, 0.25) is 0 Å². The lowest BCUT2D eigenvalue weighted by atomic mass is 10.0. The highest BCUT2D eigenvalue weighted by atomic mass is 35.5. The fraction of sp³-hybridized carbons (Fsp3) is 0.120. The van der Waals surface area contributed by atoms with Gasteiger partial charge in [0, 0.05) is 17.8 Å². The molecular weight excluding hydrogens is 401 g/mol. The number of rotatable bonds is 7. The summed E-state index contributed by atoms with van der Waals surface area (Å²) in [6, 6.07) is 24.1. The number of halogens is 2. The van der Waals surface area contributed by atoms with E-state index in [0.717, 1.165) is 33.3 Å². The minimum Gasteiger partial charge on any atom is -0.495 e. The van der Waals surface area contributed by atoms with Gasteiger partial charge in [-0.1, -0.05) is 54.1 Å². The summed E-state index contributed by atoms with van der Waals surface area (Å²) >= 11 is 6.25. The first-order chi connectivity index (χ1) is 14.6. The molecule has 0 amide bonds. The maximum Gasteiger partial charge on any atom is 0.137 e. The number of fused-ring (bicyclic) bond motifs is 1. The van der Waals surface area contributed by atoms with Gasteiger partial charge in [-0.3, -0.25) is 0 Å². The molecule has 0 aromatic heterocycles. The second-order valence-corrected chi connectivity index (χ2v) is 7.29. The zero-order valence-electron chi connectivity index (χ0n) is 16.5. The Morgan fingerprint density at radius 3 is 2.43 bits per heavy atom. The minimum absolute atomic E-state index is 0.257. The fourth-order valence-corrected chi connectivity index (χ4v) is 3.60. The summed E-state index contributed by atoms with van der Waals surface area (Å²) in [5, 5.41) is 6.22. The van der Waals surface area contributed by atoms with Gasteiger partial charge in [-0.2, -0.15) is 0 Å². The summed E-state index contributed by atoms with van der Waals surface area (Å²) in [5.41, 5.74) is 2.84. The number of benzene rings is 4. The van der Waals surface area contributed by atoms with Crippen LogP contribution in [0.5, 0.6) is 11.5 Å². The molecule has 0 heterocycles. The predicted octanol–water partition coefficient (Wildman–Crippen LogP) is 6.83. The second-order valence-electron chi connectivity index (χ2n) is 6.88. The van der Waals surface area contributed by atoms with Crippen LogP contribution < -0.4 is 14.8 Å². The average Bonchev–Trinajstić information content (AvgIpc) is 2.77. The van der Waals surface area contributed by atoms with Crippen molar-refractivity contribution in [2.24, 2.45) is 0 Å². The Labute approximate surface area is 180 Å². The Morgan fingerprint density at radius 2 is 1.67 bits per heavy atom. The van der Waals surface area contributed by atoms with Crippen molar-refractivity contribution >= 4 is 28.1 Å². The van der Waals surface area contributed by atoms with E-state index >= 15 is 0 Å². The average molecular weight is 422 g/mol. The van der Waals surface area contributed by atoms with Gasteiger partial charge in [0.25, 0.3) is 0 Å². The molecule has 0 radical (unpaired) electrons. The molecule has 0 unspecified atom stereocenters. The summed E-state index contributed by atoms with van der Waals surface area (Å²) in [7, 11) is 1.59. The van der Waals surface area contributed by atoms with E-state index in [0.29, 0.717) is 23.9 Å². The molecule has 152 valence electrons. The quantitative estimate of drug-likeness (QED) is 0.354. The molecule has 3 nitrogen and oxygen atoms in total. The summed E-state index contributed by atoms with van der Waals surface area (Å²) in [6.45, 7) is 0.919. The number of hydrogen-bond donors (Lipinski definition) is 1. The molecule has 4 rings (SSSR count). The Kier molecular flexibility index (Phi) is 6.05. The summed E-state index contributed by atoms with van der Waals surface area (Å²) in [6.07, 6.45) is 0. The van der Waals surface area contributed by atoms with E-state index in [1.54, 1.807) is 19.2 Å². The highest BCUT2D eigenvalue weighted by molar-refractivity contribution is 6.32. The number of methoxy groups -OCH3 is 1. The zero-order chi connectivity index (χ0) is 20.9. The van der Waals surface area contributed by atoms with Crippen LogP contribution in [0.1, 0.15) is 11.1 Å². The smallest absolute Gasteiger partial charge is 0.137 e. The maximum atomic E-state index is 13.2. The van der Waals surface area contributed by atoms with Crippen LogP contribution >= 0.6 is 11.6 Å². The van der Waals surface area contributed by atoms with Gasteiger partial charge in [-0.15, -0.1) is 0 Å². The number of anilines is 1. The molecule has 0 saturated carbocycles. The molecule has 0 aliphatic heterocycles. The van der Waals surface area contributed by atoms with Crippen molar-refractivity contribution in [1.29, 1.82) is 0 Å². The lowest BCUT2D eigenvalue weighted by molar-refractivity contribution is 0.303. The van der Waals surface area contributed by atoms with Gasteiger partial charge in [0.15, 0.2) is 0 Å². The van der Waals surface area contributed by atoms with Crippen molar-refractivity contribution in [2.75, 3.05) is 12.4 Å². The van der Waals surface area contributed by atoms with Gasteiger partial charge in [-0.05, 0) is 52.7 Å². The molecule has 1 N–H and O–H groups in total. The third-order valence-electron chi connectivity index (χ3n) is 4.93. The van der Waals surface area contributed by atoms with Crippen molar-refractivity contribution < 1.29 is 13.9 Å². The molecule has 0 saturated heterocycles. The van der Waals surface area contributed by atoms with Crippen LogP contribution in [-0.2, 0) is 13.2 Å². The topological polar surface area (TPSA) is 30.5 Å². The van der Waals surface area contributed by atoms with Crippen molar-refractivity contribution in [1.82, 2.24) is 0 Å². The third-order valence-corrected chi connectivity index (χ3v) is 5.22. The minimum atomic E-state index is -0.257. The van der Waals surface area contributed by atoms with E-state index in [2.05, 4.69) is 17.4 Å². The number of hydrogen-bond acceptors (Lipinski definition) is 3. The van der Waals surface area contributed by atoms with Crippen LogP contribution in [0, 0.1) is 5.82 Å². The van der Waals surface area contributed by atoms with Crippen molar-refractivity contribution in [3.63, 3.8) is 0 Å². The van der Waals surface area contributed by atoms with Gasteiger partial charge in [-0.25, -0.2) is 4.39 Å². The summed E-state index contributed by atoms with van der Waals surface area (Å²) in [4.78, 5) is 0. The highest BCUT2D eigenvalue weighted by Crippen LogP contribution is 2.31. The molecule has 0 fully saturated rings. The largest absolute Gasteiger partial charge is 0.495 e. The Morgan fingerprint density at radius 1 is 0.900 bits per heavy atom. The van der Waals surface area contributed by atoms with Crippen molar-refractivity contribution in [3.8, 4) is 11.5 Å². The van der Waals surface area contributed by atoms with Crippen LogP contribution in [0.15, 0.2) is 78.9 Å². The van der Waals surface area contributed by atoms with Crippen LogP contribution in [0.25, 0.3) is 10.8 Å². The van der Waals surface area contributed by atoms with Crippen LogP contribution in [0.3, 0.4) is 0 Å². The summed E-state index contributed by atoms with van der Waals surface area (Å²) < 4.78 is 24.5. The Bertz CT molecular complexity index is 1160. The lowest BCUT2D eigenvalue weighted by Crippen LogP contribution is -2.05. The SMILES string of the molecule is COc1ccc(NCc2c(OCc3ccc(F)cc3)ccc3ccccc23)cc1Cl. The standard InChI is InChI=1S/C25H21ClFNO2/c1-29-25-13-11-20(14-23(25)26)28-15-22-21-5-3-2-4-18(21)8-12-24(22)30-16-17-6-9-19(27)10-7-17/h2-14,28H,15-16H2,1H3. The van der Waals surface area contributed by atoms with E-state index in [1.807, 2.05) is 42.5 Å². The molecular formula is C25H21ClFNO2. The first kappa shape index (κ1) is 20.0. The van der Waals surface area contributed by atoms with Gasteiger partial charge >= 0.3 is 0 Å². The second kappa shape index (κ2) is 9.06. The monoisotopic (exact) mass is 421 g/mol. The molecule has 0 aliphatic carbocycles. The van der Waals surface area contributed by atoms with Crippen LogP contribution in [0.2, 0.25) is 5.02 Å². The number of ether oxygens (including phenoxy) is 2. The maximum absolute atomic E-state index is 13.2. The molecule has 0 atom stereocenters. The zero-order valence-corrected chi connectivity index (χ0v) is 17.2. The van der Waals surface area contributed by atoms with E-state index in [9.17, 15) is 4.39 Å².